The summed E-state index contributed by atoms with van der Waals surface area (Å²) in [7, 11) is 3.62. The van der Waals surface area contributed by atoms with E-state index >= 15 is 0 Å². The second kappa shape index (κ2) is 10.7. The summed E-state index contributed by atoms with van der Waals surface area (Å²) in [5.74, 6) is 1.29. The molecule has 0 bridgehead atoms. The molecule has 2 atom stereocenters. The van der Waals surface area contributed by atoms with Gasteiger partial charge in [-0.05, 0) is 30.5 Å². The second-order valence-electron chi connectivity index (χ2n) is 8.89. The van der Waals surface area contributed by atoms with E-state index in [1.54, 1.807) is 29.2 Å². The van der Waals surface area contributed by atoms with Crippen LogP contribution in [0, 0.1) is 5.92 Å². The van der Waals surface area contributed by atoms with Crippen molar-refractivity contribution >= 4 is 11.8 Å². The third kappa shape index (κ3) is 5.82. The average Bonchev–Trinajstić information content (AvgIpc) is 3.32. The molecule has 0 aliphatic carbocycles. The first-order valence-corrected chi connectivity index (χ1v) is 11.5. The maximum Gasteiger partial charge on any atom is 0.231 e. The molecule has 2 aromatic rings. The summed E-state index contributed by atoms with van der Waals surface area (Å²) in [5, 5.41) is 3.58. The molecule has 1 saturated heterocycles. The number of hydrogen-bond donors (Lipinski definition) is 1. The van der Waals surface area contributed by atoms with Gasteiger partial charge in [-0.2, -0.15) is 0 Å². The number of carbonyl (C=O) groups excluding carboxylic acids is 2. The minimum atomic E-state index is -0.302. The lowest BCUT2D eigenvalue weighted by Crippen LogP contribution is -2.42. The van der Waals surface area contributed by atoms with E-state index in [4.69, 9.17) is 9.47 Å². The largest absolute Gasteiger partial charge is 0.454 e. The molecule has 8 heteroatoms. The minimum Gasteiger partial charge on any atom is -0.454 e. The van der Waals surface area contributed by atoms with E-state index in [1.807, 2.05) is 37.4 Å². The highest BCUT2D eigenvalue weighted by Gasteiger charge is 2.29. The van der Waals surface area contributed by atoms with Gasteiger partial charge in [0, 0.05) is 70.1 Å². The van der Waals surface area contributed by atoms with Crippen molar-refractivity contribution in [1.29, 1.82) is 0 Å². The van der Waals surface area contributed by atoms with Crippen LogP contribution in [0.5, 0.6) is 11.5 Å². The summed E-state index contributed by atoms with van der Waals surface area (Å²) in [5.41, 5.74) is 2.02. The standard InChI is InChI=1S/C25H32N4O4/c1-28-16-21(27-14-20-8-4-10-22-24(20)33-17-32-22)9-3-7-19(12-23(28)30)25(31)29(2)15-18-6-5-11-26-13-18/h4-6,8,10-11,13,19,21,27H,3,7,9,12,14-17H2,1-2H3/t19-,21-/m1/s1. The van der Waals surface area contributed by atoms with Gasteiger partial charge < -0.3 is 24.6 Å². The molecule has 1 aromatic heterocycles. The number of rotatable bonds is 6. The molecular formula is C25H32N4O4. The normalized spacial score (nSPS) is 20.7. The molecule has 0 radical (unpaired) electrons. The van der Waals surface area contributed by atoms with E-state index in [0.717, 1.165) is 35.5 Å². The Hall–Kier alpha value is -3.13. The third-order valence-corrected chi connectivity index (χ3v) is 6.37. The van der Waals surface area contributed by atoms with E-state index in [2.05, 4.69) is 10.3 Å². The van der Waals surface area contributed by atoms with Gasteiger partial charge in [0.15, 0.2) is 11.5 Å². The number of likely N-dealkylation sites (N-methyl/N-ethyl adjacent to an activating group) is 1. The lowest BCUT2D eigenvalue weighted by molar-refractivity contribution is -0.140. The quantitative estimate of drug-likeness (QED) is 0.725. The fraction of sp³-hybridized carbons (Fsp3) is 0.480. The first-order valence-electron chi connectivity index (χ1n) is 11.5. The first-order chi connectivity index (χ1) is 16.0. The molecule has 1 N–H and O–H groups in total. The molecule has 2 aliphatic rings. The van der Waals surface area contributed by atoms with Crippen LogP contribution in [0.15, 0.2) is 42.7 Å². The van der Waals surface area contributed by atoms with Crippen molar-refractivity contribution in [3.8, 4) is 11.5 Å². The fourth-order valence-electron chi connectivity index (χ4n) is 4.52. The number of benzene rings is 1. The highest BCUT2D eigenvalue weighted by atomic mass is 16.7. The summed E-state index contributed by atoms with van der Waals surface area (Å²) < 4.78 is 11.1. The maximum atomic E-state index is 13.1. The van der Waals surface area contributed by atoms with Crippen molar-refractivity contribution in [2.45, 2.75) is 44.8 Å². The van der Waals surface area contributed by atoms with Gasteiger partial charge >= 0.3 is 0 Å². The van der Waals surface area contributed by atoms with Crippen LogP contribution < -0.4 is 14.8 Å². The molecule has 0 saturated carbocycles. The van der Waals surface area contributed by atoms with Gasteiger partial charge in [0.05, 0.1) is 0 Å². The smallest absolute Gasteiger partial charge is 0.231 e. The number of fused-ring (bicyclic) bond motifs is 1. The monoisotopic (exact) mass is 452 g/mol. The number of pyridine rings is 1. The Kier molecular flexibility index (Phi) is 7.44. The van der Waals surface area contributed by atoms with Crippen LogP contribution in [0.1, 0.15) is 36.8 Å². The minimum absolute atomic E-state index is 0.00849. The highest BCUT2D eigenvalue weighted by Crippen LogP contribution is 2.35. The number of amides is 2. The van der Waals surface area contributed by atoms with Gasteiger partial charge in [-0.15, -0.1) is 0 Å². The molecule has 1 fully saturated rings. The fourth-order valence-corrected chi connectivity index (χ4v) is 4.52. The van der Waals surface area contributed by atoms with Crippen LogP contribution in [0.3, 0.4) is 0 Å². The van der Waals surface area contributed by atoms with E-state index in [1.165, 1.54) is 0 Å². The number of hydrogen-bond acceptors (Lipinski definition) is 6. The summed E-state index contributed by atoms with van der Waals surface area (Å²) in [6, 6.07) is 9.84. The van der Waals surface area contributed by atoms with E-state index < -0.39 is 0 Å². The van der Waals surface area contributed by atoms with Gasteiger partial charge in [-0.25, -0.2) is 0 Å². The third-order valence-electron chi connectivity index (χ3n) is 6.37. The summed E-state index contributed by atoms with van der Waals surface area (Å²) in [6.07, 6.45) is 6.20. The number of nitrogens with one attached hydrogen (secondary N) is 1. The van der Waals surface area contributed by atoms with Crippen LogP contribution in [0.25, 0.3) is 0 Å². The summed E-state index contributed by atoms with van der Waals surface area (Å²) in [6.45, 7) is 1.98. The van der Waals surface area contributed by atoms with Crippen LogP contribution in [0.4, 0.5) is 0 Å². The zero-order valence-electron chi connectivity index (χ0n) is 19.3. The molecule has 1 aromatic carbocycles. The van der Waals surface area contributed by atoms with Gasteiger partial charge in [0.2, 0.25) is 18.6 Å². The van der Waals surface area contributed by atoms with Crippen molar-refractivity contribution in [2.75, 3.05) is 27.4 Å². The number of ether oxygens (including phenoxy) is 2. The average molecular weight is 453 g/mol. The molecular weight excluding hydrogens is 420 g/mol. The maximum absolute atomic E-state index is 13.1. The predicted octanol–water partition coefficient (Wildman–Crippen LogP) is 2.58. The number of para-hydroxylation sites is 1. The molecule has 176 valence electrons. The lowest BCUT2D eigenvalue weighted by Gasteiger charge is -2.25. The van der Waals surface area contributed by atoms with Gasteiger partial charge in [-0.1, -0.05) is 24.6 Å². The van der Waals surface area contributed by atoms with E-state index in [-0.39, 0.29) is 37.0 Å². The Labute approximate surface area is 194 Å². The van der Waals surface area contributed by atoms with Gasteiger partial charge in [-0.3, -0.25) is 14.6 Å². The highest BCUT2D eigenvalue weighted by molar-refractivity contribution is 5.85. The zero-order chi connectivity index (χ0) is 23.2. The molecule has 0 spiro atoms. The lowest BCUT2D eigenvalue weighted by atomic mass is 9.95. The molecule has 33 heavy (non-hydrogen) atoms. The Morgan fingerprint density at radius 3 is 2.94 bits per heavy atom. The number of carbonyl (C=O) groups is 2. The molecule has 8 nitrogen and oxygen atoms in total. The van der Waals surface area contributed by atoms with Crippen LogP contribution in [-0.2, 0) is 22.7 Å². The van der Waals surface area contributed by atoms with Crippen LogP contribution in [0.2, 0.25) is 0 Å². The van der Waals surface area contributed by atoms with Crippen LogP contribution >= 0.6 is 0 Å². The molecule has 2 amide bonds. The first kappa shape index (κ1) is 23.0. The molecule has 2 aliphatic heterocycles. The van der Waals surface area contributed by atoms with Crippen molar-refractivity contribution < 1.29 is 19.1 Å². The van der Waals surface area contributed by atoms with Gasteiger partial charge in [0.1, 0.15) is 0 Å². The van der Waals surface area contributed by atoms with Crippen molar-refractivity contribution in [3.63, 3.8) is 0 Å². The Balaban J connectivity index is 1.36. The summed E-state index contributed by atoms with van der Waals surface area (Å²) >= 11 is 0. The molecule has 4 rings (SSSR count). The number of nitrogens with zero attached hydrogens (tertiary/aromatic N) is 3. The zero-order valence-corrected chi connectivity index (χ0v) is 19.3. The predicted molar refractivity (Wildman–Crippen MR) is 123 cm³/mol. The van der Waals surface area contributed by atoms with Crippen molar-refractivity contribution in [1.82, 2.24) is 20.1 Å². The SMILES string of the molecule is CN1C[C@H](NCc2cccc3c2OCO3)CCC[C@@H](C(=O)N(C)Cc2cccnc2)CC1=O. The Bertz CT molecular complexity index is 968. The van der Waals surface area contributed by atoms with Crippen molar-refractivity contribution in [2.24, 2.45) is 5.92 Å². The Morgan fingerprint density at radius 2 is 2.12 bits per heavy atom. The van der Waals surface area contributed by atoms with E-state index in [0.29, 0.717) is 26.1 Å². The number of aromatic nitrogens is 1. The summed E-state index contributed by atoms with van der Waals surface area (Å²) in [4.78, 5) is 33.6. The second-order valence-corrected chi connectivity index (χ2v) is 8.89. The molecule has 0 unspecified atom stereocenters. The van der Waals surface area contributed by atoms with E-state index in [9.17, 15) is 9.59 Å². The van der Waals surface area contributed by atoms with Crippen molar-refractivity contribution in [3.05, 3.63) is 53.9 Å². The van der Waals surface area contributed by atoms with Gasteiger partial charge in [0.25, 0.3) is 0 Å². The Morgan fingerprint density at radius 1 is 1.24 bits per heavy atom. The van der Waals surface area contributed by atoms with Crippen LogP contribution in [-0.4, -0.2) is 60.1 Å². The molecule has 3 heterocycles. The topological polar surface area (TPSA) is 84.0 Å².